The maximum Gasteiger partial charge on any atom is 0.130 e. The lowest BCUT2D eigenvalue weighted by molar-refractivity contribution is 0.593. The van der Waals surface area contributed by atoms with Gasteiger partial charge in [0, 0.05) is 29.5 Å². The molecule has 2 nitrogen and oxygen atoms in total. The molecule has 19 heavy (non-hydrogen) atoms. The van der Waals surface area contributed by atoms with Crippen LogP contribution in [0.15, 0.2) is 48.5 Å². The van der Waals surface area contributed by atoms with Crippen LogP contribution in [-0.2, 0) is 0 Å². The zero-order chi connectivity index (χ0) is 13.8. The van der Waals surface area contributed by atoms with Gasteiger partial charge in [-0.15, -0.1) is 0 Å². The molecule has 100 valence electrons. The molecule has 3 heteroatoms. The Morgan fingerprint density at radius 1 is 1.11 bits per heavy atom. The van der Waals surface area contributed by atoms with Crippen LogP contribution in [0, 0.1) is 5.82 Å². The van der Waals surface area contributed by atoms with Crippen molar-refractivity contribution >= 4 is 11.4 Å². The van der Waals surface area contributed by atoms with Gasteiger partial charge in [-0.05, 0) is 38.1 Å². The van der Waals surface area contributed by atoms with E-state index in [0.29, 0.717) is 5.56 Å². The fourth-order valence-corrected chi connectivity index (χ4v) is 2.31. The largest absolute Gasteiger partial charge is 0.341 e. The van der Waals surface area contributed by atoms with Crippen molar-refractivity contribution in [2.75, 3.05) is 11.4 Å². The van der Waals surface area contributed by atoms with Crippen molar-refractivity contribution in [3.05, 3.63) is 59.9 Å². The molecule has 0 unspecified atom stereocenters. The molecule has 2 rings (SSSR count). The number of benzene rings is 2. The van der Waals surface area contributed by atoms with Crippen molar-refractivity contribution in [3.8, 4) is 0 Å². The summed E-state index contributed by atoms with van der Waals surface area (Å²) in [6.07, 6.45) is 0. The van der Waals surface area contributed by atoms with Crippen LogP contribution in [0.5, 0.6) is 0 Å². The second-order valence-corrected chi connectivity index (χ2v) is 4.54. The summed E-state index contributed by atoms with van der Waals surface area (Å²) in [5.74, 6) is -0.248. The van der Waals surface area contributed by atoms with Gasteiger partial charge in [0.1, 0.15) is 5.82 Å². The van der Waals surface area contributed by atoms with Gasteiger partial charge in [-0.1, -0.05) is 24.3 Å². The van der Waals surface area contributed by atoms with Crippen molar-refractivity contribution in [1.29, 1.82) is 0 Å². The molecule has 0 aliphatic rings. The average molecular weight is 258 g/mol. The summed E-state index contributed by atoms with van der Waals surface area (Å²) < 4.78 is 14.0. The predicted octanol–water partition coefficient (Wildman–Crippen LogP) is 4.00. The van der Waals surface area contributed by atoms with Gasteiger partial charge >= 0.3 is 0 Å². The number of para-hydroxylation sites is 1. The lowest BCUT2D eigenvalue weighted by atomic mass is 10.0. The topological polar surface area (TPSA) is 29.3 Å². The maximum atomic E-state index is 14.0. The molecule has 0 aliphatic carbocycles. The lowest BCUT2D eigenvalue weighted by Gasteiger charge is -2.27. The van der Waals surface area contributed by atoms with Gasteiger partial charge in [0.15, 0.2) is 0 Å². The number of halogens is 1. The standard InChI is InChI=1S/C16H19FN2/c1-3-19(13-8-5-4-6-9-13)15-11-7-10-14(17)16(15)12(2)18/h4-12H,3,18H2,1-2H3/t12-/m0/s1. The van der Waals surface area contributed by atoms with E-state index in [1.54, 1.807) is 13.0 Å². The Kier molecular flexibility index (Phi) is 4.17. The van der Waals surface area contributed by atoms with Gasteiger partial charge < -0.3 is 10.6 Å². The van der Waals surface area contributed by atoms with Crippen LogP contribution in [0.2, 0.25) is 0 Å². The number of anilines is 2. The molecule has 0 fully saturated rings. The monoisotopic (exact) mass is 258 g/mol. The summed E-state index contributed by atoms with van der Waals surface area (Å²) in [5.41, 5.74) is 8.36. The highest BCUT2D eigenvalue weighted by Crippen LogP contribution is 2.32. The molecule has 0 amide bonds. The molecule has 0 spiro atoms. The number of rotatable bonds is 4. The third-order valence-corrected chi connectivity index (χ3v) is 3.16. The van der Waals surface area contributed by atoms with Gasteiger partial charge in [-0.3, -0.25) is 0 Å². The third-order valence-electron chi connectivity index (χ3n) is 3.16. The van der Waals surface area contributed by atoms with Crippen LogP contribution < -0.4 is 10.6 Å². The van der Waals surface area contributed by atoms with Crippen LogP contribution in [0.1, 0.15) is 25.5 Å². The van der Waals surface area contributed by atoms with Crippen LogP contribution in [0.4, 0.5) is 15.8 Å². The molecule has 0 saturated heterocycles. The molecule has 1 atom stereocenters. The predicted molar refractivity (Wildman–Crippen MR) is 78.1 cm³/mol. The highest BCUT2D eigenvalue weighted by atomic mass is 19.1. The highest BCUT2D eigenvalue weighted by molar-refractivity contribution is 5.67. The van der Waals surface area contributed by atoms with E-state index in [9.17, 15) is 4.39 Å². The Morgan fingerprint density at radius 3 is 2.37 bits per heavy atom. The number of nitrogens with two attached hydrogens (primary N) is 1. The van der Waals surface area contributed by atoms with Crippen LogP contribution in [0.3, 0.4) is 0 Å². The van der Waals surface area contributed by atoms with Crippen molar-refractivity contribution in [3.63, 3.8) is 0 Å². The maximum absolute atomic E-state index is 14.0. The lowest BCUT2D eigenvalue weighted by Crippen LogP contribution is -2.20. The second kappa shape index (κ2) is 5.85. The van der Waals surface area contributed by atoms with E-state index in [1.807, 2.05) is 43.3 Å². The average Bonchev–Trinajstić information content (AvgIpc) is 2.40. The van der Waals surface area contributed by atoms with E-state index in [4.69, 9.17) is 5.73 Å². The Labute approximate surface area is 113 Å². The molecule has 2 aromatic carbocycles. The zero-order valence-corrected chi connectivity index (χ0v) is 11.3. The van der Waals surface area contributed by atoms with Crippen molar-refractivity contribution in [1.82, 2.24) is 0 Å². The summed E-state index contributed by atoms with van der Waals surface area (Å²) >= 11 is 0. The molecule has 0 aliphatic heterocycles. The SMILES string of the molecule is CCN(c1ccccc1)c1cccc(F)c1[C@H](C)N. The minimum Gasteiger partial charge on any atom is -0.341 e. The van der Waals surface area contributed by atoms with E-state index in [2.05, 4.69) is 4.90 Å². The zero-order valence-electron chi connectivity index (χ0n) is 11.3. The van der Waals surface area contributed by atoms with E-state index in [-0.39, 0.29) is 11.9 Å². The first-order valence-corrected chi connectivity index (χ1v) is 6.51. The Bertz CT molecular complexity index is 538. The number of hydrogen-bond acceptors (Lipinski definition) is 2. The molecule has 0 heterocycles. The number of nitrogens with zero attached hydrogens (tertiary/aromatic N) is 1. The van der Waals surface area contributed by atoms with Crippen molar-refractivity contribution < 1.29 is 4.39 Å². The van der Waals surface area contributed by atoms with E-state index < -0.39 is 0 Å². The summed E-state index contributed by atoms with van der Waals surface area (Å²) in [7, 11) is 0. The fourth-order valence-electron chi connectivity index (χ4n) is 2.31. The quantitative estimate of drug-likeness (QED) is 0.898. The van der Waals surface area contributed by atoms with E-state index >= 15 is 0 Å². The van der Waals surface area contributed by atoms with Crippen LogP contribution in [0.25, 0.3) is 0 Å². The fraction of sp³-hybridized carbons (Fsp3) is 0.250. The smallest absolute Gasteiger partial charge is 0.130 e. The van der Waals surface area contributed by atoms with Crippen LogP contribution >= 0.6 is 0 Å². The van der Waals surface area contributed by atoms with E-state index in [0.717, 1.165) is 17.9 Å². The normalized spacial score (nSPS) is 12.2. The molecular weight excluding hydrogens is 239 g/mol. The molecule has 0 saturated carbocycles. The van der Waals surface area contributed by atoms with Crippen LogP contribution in [-0.4, -0.2) is 6.54 Å². The highest BCUT2D eigenvalue weighted by Gasteiger charge is 2.17. The molecule has 0 bridgehead atoms. The summed E-state index contributed by atoms with van der Waals surface area (Å²) in [5, 5.41) is 0. The van der Waals surface area contributed by atoms with Gasteiger partial charge in [-0.2, -0.15) is 0 Å². The Balaban J connectivity index is 2.53. The summed E-state index contributed by atoms with van der Waals surface area (Å²) in [6, 6.07) is 14.7. The minimum absolute atomic E-state index is 0.248. The first-order valence-electron chi connectivity index (χ1n) is 6.51. The summed E-state index contributed by atoms with van der Waals surface area (Å²) in [4.78, 5) is 2.07. The van der Waals surface area contributed by atoms with E-state index in [1.165, 1.54) is 6.07 Å². The second-order valence-electron chi connectivity index (χ2n) is 4.54. The van der Waals surface area contributed by atoms with Gasteiger partial charge in [0.25, 0.3) is 0 Å². The van der Waals surface area contributed by atoms with Gasteiger partial charge in [0.2, 0.25) is 0 Å². The number of hydrogen-bond donors (Lipinski definition) is 1. The molecule has 2 aromatic rings. The van der Waals surface area contributed by atoms with Crippen molar-refractivity contribution in [2.45, 2.75) is 19.9 Å². The minimum atomic E-state index is -0.339. The summed E-state index contributed by atoms with van der Waals surface area (Å²) in [6.45, 7) is 4.61. The molecule has 0 aromatic heterocycles. The molecule has 0 radical (unpaired) electrons. The van der Waals surface area contributed by atoms with Gasteiger partial charge in [0.05, 0.1) is 0 Å². The molecule has 2 N–H and O–H groups in total. The first-order chi connectivity index (χ1) is 9.15. The first kappa shape index (κ1) is 13.6. The third kappa shape index (κ3) is 2.76. The Morgan fingerprint density at radius 2 is 1.79 bits per heavy atom. The van der Waals surface area contributed by atoms with Crippen molar-refractivity contribution in [2.24, 2.45) is 5.73 Å². The Hall–Kier alpha value is -1.87. The molecular formula is C16H19FN2. The van der Waals surface area contributed by atoms with Gasteiger partial charge in [-0.25, -0.2) is 4.39 Å².